The van der Waals surface area contributed by atoms with Gasteiger partial charge in [0.1, 0.15) is 12.3 Å². The Balaban J connectivity index is 3.09. The molecule has 0 radical (unpaired) electrons. The first-order valence-corrected chi connectivity index (χ1v) is 7.36. The van der Waals surface area contributed by atoms with E-state index in [2.05, 4.69) is 22.1 Å². The standard InChI is InChI=1S/C17H19N5O4/c1-3-11(8-14(23)10(2)17(26)20-9-15(24)25)12-5-4-6-13(7-12)16(21-18)22-19/h3-8,18,23H,2,9,19H2,1H3,(H,20,26)(H,24,25)/b11-3+,14-8+,21-18?,22-16?. The lowest BCUT2D eigenvalue weighted by Gasteiger charge is -2.08. The molecule has 0 bridgehead atoms. The number of carboxylic acid groups (broad SMARTS) is 1. The zero-order valence-corrected chi connectivity index (χ0v) is 14.1. The maximum Gasteiger partial charge on any atom is 0.322 e. The van der Waals surface area contributed by atoms with Gasteiger partial charge < -0.3 is 21.4 Å². The summed E-state index contributed by atoms with van der Waals surface area (Å²) in [5.41, 5.74) is 8.50. The Hall–Kier alpha value is -3.75. The van der Waals surface area contributed by atoms with E-state index in [1.54, 1.807) is 37.3 Å². The van der Waals surface area contributed by atoms with Crippen LogP contribution in [0.15, 0.2) is 64.5 Å². The monoisotopic (exact) mass is 357 g/mol. The van der Waals surface area contributed by atoms with E-state index in [1.165, 1.54) is 6.08 Å². The minimum Gasteiger partial charge on any atom is -0.507 e. The molecule has 0 aromatic heterocycles. The van der Waals surface area contributed by atoms with Crippen molar-refractivity contribution < 1.29 is 19.8 Å². The second-order valence-corrected chi connectivity index (χ2v) is 4.97. The van der Waals surface area contributed by atoms with Gasteiger partial charge in [0.2, 0.25) is 0 Å². The van der Waals surface area contributed by atoms with E-state index in [1.807, 2.05) is 0 Å². The normalized spacial score (nSPS) is 12.4. The summed E-state index contributed by atoms with van der Waals surface area (Å²) in [6, 6.07) is 6.77. The first-order valence-electron chi connectivity index (χ1n) is 7.36. The van der Waals surface area contributed by atoms with E-state index >= 15 is 0 Å². The molecule has 0 aliphatic carbocycles. The molecule has 0 saturated carbocycles. The lowest BCUT2D eigenvalue weighted by atomic mass is 10.0. The van der Waals surface area contributed by atoms with Crippen LogP contribution in [0, 0.1) is 5.53 Å². The summed E-state index contributed by atoms with van der Waals surface area (Å²) >= 11 is 0. The van der Waals surface area contributed by atoms with Crippen LogP contribution in [0.1, 0.15) is 18.1 Å². The number of aliphatic hydroxyl groups is 1. The Morgan fingerprint density at radius 1 is 1.35 bits per heavy atom. The number of carbonyl (C=O) groups is 2. The van der Waals surface area contributed by atoms with Crippen LogP contribution >= 0.6 is 0 Å². The second-order valence-electron chi connectivity index (χ2n) is 4.97. The molecule has 9 nitrogen and oxygen atoms in total. The lowest BCUT2D eigenvalue weighted by Crippen LogP contribution is -2.30. The van der Waals surface area contributed by atoms with Crippen molar-refractivity contribution in [3.05, 3.63) is 65.5 Å². The van der Waals surface area contributed by atoms with Crippen molar-refractivity contribution in [1.29, 1.82) is 5.53 Å². The van der Waals surface area contributed by atoms with Crippen molar-refractivity contribution in [3.8, 4) is 0 Å². The summed E-state index contributed by atoms with van der Waals surface area (Å²) < 4.78 is 0. The van der Waals surface area contributed by atoms with Gasteiger partial charge in [0.05, 0.1) is 5.57 Å². The topological polar surface area (TPSA) is 161 Å². The SMILES string of the molecule is C=C(C(=O)NCC(=O)O)/C(O)=C\C(=C/C)c1cccc(C(N=N)=NN)c1. The Kier molecular flexibility index (Phi) is 7.43. The molecule has 6 N–H and O–H groups in total. The van der Waals surface area contributed by atoms with E-state index < -0.39 is 24.2 Å². The summed E-state index contributed by atoms with van der Waals surface area (Å²) in [5.74, 6) is 2.80. The highest BCUT2D eigenvalue weighted by molar-refractivity contribution is 6.00. The molecular formula is C17H19N5O4. The number of amidine groups is 1. The summed E-state index contributed by atoms with van der Waals surface area (Å²) in [7, 11) is 0. The predicted molar refractivity (Wildman–Crippen MR) is 96.5 cm³/mol. The lowest BCUT2D eigenvalue weighted by molar-refractivity contribution is -0.137. The molecule has 9 heteroatoms. The number of hydrazone groups is 1. The van der Waals surface area contributed by atoms with E-state index in [0.29, 0.717) is 16.7 Å². The molecule has 1 aromatic rings. The van der Waals surface area contributed by atoms with Gasteiger partial charge in [-0.1, -0.05) is 30.9 Å². The van der Waals surface area contributed by atoms with Gasteiger partial charge in [0.25, 0.3) is 5.91 Å². The number of rotatable bonds is 7. The molecule has 1 rings (SSSR count). The number of carboxylic acids is 1. The van der Waals surface area contributed by atoms with E-state index in [9.17, 15) is 14.7 Å². The van der Waals surface area contributed by atoms with Gasteiger partial charge in [-0.25, -0.2) is 5.53 Å². The highest BCUT2D eigenvalue weighted by Gasteiger charge is 2.13. The molecular weight excluding hydrogens is 338 g/mol. The molecule has 0 heterocycles. The molecule has 1 aromatic carbocycles. The third-order valence-corrected chi connectivity index (χ3v) is 3.27. The summed E-state index contributed by atoms with van der Waals surface area (Å²) in [4.78, 5) is 22.2. The number of hydrogen-bond donors (Lipinski definition) is 5. The zero-order valence-electron chi connectivity index (χ0n) is 14.1. The van der Waals surface area contributed by atoms with E-state index in [0.717, 1.165) is 0 Å². The molecule has 26 heavy (non-hydrogen) atoms. The smallest absolute Gasteiger partial charge is 0.322 e. The first kappa shape index (κ1) is 20.3. The number of benzene rings is 1. The minimum absolute atomic E-state index is 0.0352. The van der Waals surface area contributed by atoms with Crippen LogP contribution in [0.3, 0.4) is 0 Å². The summed E-state index contributed by atoms with van der Waals surface area (Å²) in [5, 5.41) is 27.4. The van der Waals surface area contributed by atoms with Gasteiger partial charge in [-0.05, 0) is 30.2 Å². The Labute approximate surface area is 149 Å². The molecule has 0 aliphatic heterocycles. The molecule has 0 saturated heterocycles. The second kappa shape index (κ2) is 9.52. The number of aliphatic carboxylic acids is 1. The van der Waals surface area contributed by atoms with Crippen molar-refractivity contribution >= 4 is 23.3 Å². The number of nitrogens with zero attached hydrogens (tertiary/aromatic N) is 2. The number of amides is 1. The van der Waals surface area contributed by atoms with Gasteiger partial charge in [-0.3, -0.25) is 9.59 Å². The Morgan fingerprint density at radius 3 is 2.54 bits per heavy atom. The van der Waals surface area contributed by atoms with Gasteiger partial charge in [-0.15, -0.1) is 5.11 Å². The van der Waals surface area contributed by atoms with Crippen LogP contribution in [0.25, 0.3) is 5.57 Å². The van der Waals surface area contributed by atoms with Crippen LogP contribution in [-0.2, 0) is 9.59 Å². The fourth-order valence-electron chi connectivity index (χ4n) is 1.95. The minimum atomic E-state index is -1.21. The maximum atomic E-state index is 11.8. The molecule has 0 aliphatic rings. The molecule has 0 spiro atoms. The van der Waals surface area contributed by atoms with Crippen LogP contribution in [0.5, 0.6) is 0 Å². The molecule has 0 unspecified atom stereocenters. The molecule has 0 atom stereocenters. The van der Waals surface area contributed by atoms with Crippen molar-refractivity contribution in [2.24, 2.45) is 16.1 Å². The molecule has 1 amide bonds. The quantitative estimate of drug-likeness (QED) is 0.0735. The third-order valence-electron chi connectivity index (χ3n) is 3.27. The van der Waals surface area contributed by atoms with E-state index in [-0.39, 0.29) is 11.4 Å². The summed E-state index contributed by atoms with van der Waals surface area (Å²) in [6.45, 7) is 4.61. The number of hydrogen-bond acceptors (Lipinski definition) is 6. The van der Waals surface area contributed by atoms with Crippen molar-refractivity contribution in [2.45, 2.75) is 6.92 Å². The van der Waals surface area contributed by atoms with Crippen molar-refractivity contribution in [1.82, 2.24) is 5.32 Å². The zero-order chi connectivity index (χ0) is 19.7. The number of carbonyl (C=O) groups excluding carboxylic acids is 1. The molecule has 136 valence electrons. The largest absolute Gasteiger partial charge is 0.507 e. The maximum absolute atomic E-state index is 11.8. The fourth-order valence-corrected chi connectivity index (χ4v) is 1.95. The average Bonchev–Trinajstić information content (AvgIpc) is 2.64. The predicted octanol–water partition coefficient (Wildman–Crippen LogP) is 1.94. The Bertz CT molecular complexity index is 824. The summed E-state index contributed by atoms with van der Waals surface area (Å²) in [6.07, 6.45) is 3.01. The van der Waals surface area contributed by atoms with Gasteiger partial charge in [0.15, 0.2) is 5.84 Å². The highest BCUT2D eigenvalue weighted by atomic mass is 16.4. The number of allylic oxidation sites excluding steroid dienone is 3. The highest BCUT2D eigenvalue weighted by Crippen LogP contribution is 2.21. The number of nitrogens with two attached hydrogens (primary N) is 1. The number of nitrogens with one attached hydrogen (secondary N) is 2. The average molecular weight is 357 g/mol. The van der Waals surface area contributed by atoms with Crippen molar-refractivity contribution in [3.63, 3.8) is 0 Å². The van der Waals surface area contributed by atoms with E-state index in [4.69, 9.17) is 16.5 Å². The van der Waals surface area contributed by atoms with Gasteiger partial charge >= 0.3 is 5.97 Å². The number of aliphatic hydroxyl groups excluding tert-OH is 1. The van der Waals surface area contributed by atoms with Crippen LogP contribution < -0.4 is 11.2 Å². The molecule has 0 fully saturated rings. The van der Waals surface area contributed by atoms with Crippen molar-refractivity contribution in [2.75, 3.05) is 6.54 Å². The fraction of sp³-hybridized carbons (Fsp3) is 0.118. The Morgan fingerprint density at radius 2 is 2.00 bits per heavy atom. The van der Waals surface area contributed by atoms with Crippen LogP contribution in [0.2, 0.25) is 0 Å². The third kappa shape index (κ3) is 5.41. The van der Waals surface area contributed by atoms with Gasteiger partial charge in [0, 0.05) is 5.56 Å². The van der Waals surface area contributed by atoms with Crippen LogP contribution in [-0.4, -0.2) is 34.5 Å². The van der Waals surface area contributed by atoms with Crippen LogP contribution in [0.4, 0.5) is 0 Å². The van der Waals surface area contributed by atoms with Gasteiger partial charge in [-0.2, -0.15) is 5.10 Å². The first-order chi connectivity index (χ1) is 12.3.